The normalized spacial score (nSPS) is 11.2. The van der Waals surface area contributed by atoms with Crippen LogP contribution in [0.4, 0.5) is 5.69 Å². The van der Waals surface area contributed by atoms with Crippen LogP contribution in [0.1, 0.15) is 10.4 Å². The Balaban J connectivity index is 2.35. The number of aromatic amines is 1. The van der Waals surface area contributed by atoms with Gasteiger partial charge < -0.3 is 10.1 Å². The van der Waals surface area contributed by atoms with Gasteiger partial charge in [-0.2, -0.15) is 0 Å². The Morgan fingerprint density at radius 1 is 1.32 bits per heavy atom. The number of benzene rings is 1. The van der Waals surface area contributed by atoms with E-state index in [1.165, 1.54) is 36.7 Å². The minimum Gasteiger partial charge on any atom is -0.478 e. The number of anilines is 1. The largest absolute Gasteiger partial charge is 0.478 e. The Bertz CT molecular complexity index is 710. The van der Waals surface area contributed by atoms with Crippen molar-refractivity contribution in [1.29, 1.82) is 0 Å². The summed E-state index contributed by atoms with van der Waals surface area (Å²) in [6, 6.07) is 5.59. The number of carbonyl (C=O) groups is 1. The van der Waals surface area contributed by atoms with E-state index in [4.69, 9.17) is 5.11 Å². The predicted molar refractivity (Wildman–Crippen MR) is 72.7 cm³/mol. The highest BCUT2D eigenvalue weighted by Crippen LogP contribution is 2.23. The van der Waals surface area contributed by atoms with Crippen LogP contribution < -0.4 is 4.72 Å². The van der Waals surface area contributed by atoms with Crippen molar-refractivity contribution in [3.63, 3.8) is 0 Å². The second-order valence-corrected chi connectivity index (χ2v) is 6.19. The third kappa shape index (κ3) is 2.96. The Morgan fingerprint density at radius 2 is 2.05 bits per heavy atom. The van der Waals surface area contributed by atoms with Gasteiger partial charge in [0, 0.05) is 22.6 Å². The zero-order chi connectivity index (χ0) is 14.0. The molecule has 3 N–H and O–H groups in total. The van der Waals surface area contributed by atoms with Crippen molar-refractivity contribution in [2.24, 2.45) is 0 Å². The summed E-state index contributed by atoms with van der Waals surface area (Å²) in [5.74, 6) is -1.14. The lowest BCUT2D eigenvalue weighted by Gasteiger charge is -2.08. The van der Waals surface area contributed by atoms with Gasteiger partial charge in [0.1, 0.15) is 4.90 Å². The fourth-order valence-corrected chi connectivity index (χ4v) is 2.88. The Morgan fingerprint density at radius 3 is 2.63 bits per heavy atom. The van der Waals surface area contributed by atoms with Crippen molar-refractivity contribution in [2.45, 2.75) is 4.90 Å². The van der Waals surface area contributed by atoms with Crippen LogP contribution in [0.2, 0.25) is 0 Å². The molecule has 0 saturated carbocycles. The van der Waals surface area contributed by atoms with Gasteiger partial charge in [-0.3, -0.25) is 4.72 Å². The fraction of sp³-hybridized carbons (Fsp3) is 0. The number of halogens is 1. The molecule has 19 heavy (non-hydrogen) atoms. The van der Waals surface area contributed by atoms with E-state index in [0.717, 1.165) is 0 Å². The molecule has 0 aliphatic carbocycles. The average Bonchev–Trinajstić information content (AvgIpc) is 2.85. The molecule has 0 bridgehead atoms. The highest BCUT2D eigenvalue weighted by Gasteiger charge is 2.16. The van der Waals surface area contributed by atoms with E-state index in [1.807, 2.05) is 0 Å². The average molecular weight is 345 g/mol. The number of H-pyrrole nitrogens is 1. The van der Waals surface area contributed by atoms with Gasteiger partial charge >= 0.3 is 5.97 Å². The molecule has 0 amide bonds. The van der Waals surface area contributed by atoms with Gasteiger partial charge in [-0.1, -0.05) is 0 Å². The number of carboxylic acids is 1. The zero-order valence-corrected chi connectivity index (χ0v) is 11.8. The molecule has 0 saturated heterocycles. The first-order valence-corrected chi connectivity index (χ1v) is 7.36. The Kier molecular flexibility index (Phi) is 3.63. The Hall–Kier alpha value is -1.80. The van der Waals surface area contributed by atoms with Crippen LogP contribution in [0.15, 0.2) is 46.0 Å². The van der Waals surface area contributed by atoms with Crippen molar-refractivity contribution < 1.29 is 18.3 Å². The molecule has 2 aromatic rings. The molecule has 1 aromatic carbocycles. The van der Waals surface area contributed by atoms with Crippen molar-refractivity contribution >= 4 is 37.6 Å². The lowest BCUT2D eigenvalue weighted by molar-refractivity contribution is 0.0696. The van der Waals surface area contributed by atoms with E-state index >= 15 is 0 Å². The first-order valence-electron chi connectivity index (χ1n) is 5.08. The first-order chi connectivity index (χ1) is 8.90. The molecular weight excluding hydrogens is 336 g/mol. The van der Waals surface area contributed by atoms with E-state index in [0.29, 0.717) is 4.47 Å². The van der Waals surface area contributed by atoms with E-state index in [-0.39, 0.29) is 16.1 Å². The van der Waals surface area contributed by atoms with Gasteiger partial charge in [0.15, 0.2) is 0 Å². The van der Waals surface area contributed by atoms with Crippen molar-refractivity contribution in [2.75, 3.05) is 4.72 Å². The van der Waals surface area contributed by atoms with Gasteiger partial charge in [0.2, 0.25) is 0 Å². The third-order valence-electron chi connectivity index (χ3n) is 2.33. The molecule has 0 atom stereocenters. The number of nitrogens with one attached hydrogen (secondary N) is 2. The summed E-state index contributed by atoms with van der Waals surface area (Å²) in [4.78, 5) is 13.7. The number of rotatable bonds is 4. The highest BCUT2D eigenvalue weighted by molar-refractivity contribution is 9.10. The number of aromatic nitrogens is 1. The van der Waals surface area contributed by atoms with Gasteiger partial charge in [0.25, 0.3) is 10.0 Å². The van der Waals surface area contributed by atoms with Gasteiger partial charge in [-0.25, -0.2) is 13.2 Å². The van der Waals surface area contributed by atoms with E-state index < -0.39 is 16.0 Å². The topological polar surface area (TPSA) is 99.3 Å². The molecular formula is C11H9BrN2O4S. The maximum Gasteiger partial charge on any atom is 0.336 e. The fourth-order valence-electron chi connectivity index (χ4n) is 1.44. The van der Waals surface area contributed by atoms with E-state index in [9.17, 15) is 13.2 Å². The molecule has 8 heteroatoms. The smallest absolute Gasteiger partial charge is 0.336 e. The minimum absolute atomic E-state index is 0.0192. The van der Waals surface area contributed by atoms with Gasteiger partial charge in [0.05, 0.1) is 5.56 Å². The first kappa shape index (κ1) is 13.6. The molecule has 0 unspecified atom stereocenters. The summed E-state index contributed by atoms with van der Waals surface area (Å²) in [6.45, 7) is 0. The monoisotopic (exact) mass is 344 g/mol. The molecule has 2 rings (SSSR count). The molecule has 6 nitrogen and oxygen atoms in total. The molecule has 100 valence electrons. The SMILES string of the molecule is O=C(O)c1cc(NS(=O)(=O)c2cc[nH]c2)ccc1Br. The summed E-state index contributed by atoms with van der Waals surface area (Å²) in [5, 5.41) is 8.96. The summed E-state index contributed by atoms with van der Waals surface area (Å²) in [5.41, 5.74) is 0.163. The van der Waals surface area contributed by atoms with E-state index in [2.05, 4.69) is 25.6 Å². The highest BCUT2D eigenvalue weighted by atomic mass is 79.9. The number of hydrogen-bond acceptors (Lipinski definition) is 3. The quantitative estimate of drug-likeness (QED) is 0.792. The number of aromatic carboxylic acids is 1. The van der Waals surface area contributed by atoms with Crippen LogP contribution in [-0.2, 0) is 10.0 Å². The standard InChI is InChI=1S/C11H9BrN2O4S/c12-10-2-1-7(5-9(10)11(15)16)14-19(17,18)8-3-4-13-6-8/h1-6,13-14H,(H,15,16). The number of sulfonamides is 1. The van der Waals surface area contributed by atoms with E-state index in [1.54, 1.807) is 0 Å². The zero-order valence-electron chi connectivity index (χ0n) is 9.42. The maximum absolute atomic E-state index is 11.9. The minimum atomic E-state index is -3.71. The van der Waals surface area contributed by atoms with Crippen molar-refractivity contribution in [3.8, 4) is 0 Å². The second-order valence-electron chi connectivity index (χ2n) is 3.65. The molecule has 0 aliphatic heterocycles. The summed E-state index contributed by atoms with van der Waals surface area (Å²) < 4.78 is 26.6. The van der Waals surface area contributed by atoms with Crippen LogP contribution in [0, 0.1) is 0 Å². The van der Waals surface area contributed by atoms with Crippen LogP contribution in [-0.4, -0.2) is 24.5 Å². The third-order valence-corrected chi connectivity index (χ3v) is 4.40. The lowest BCUT2D eigenvalue weighted by Crippen LogP contribution is -2.12. The second kappa shape index (κ2) is 5.06. The van der Waals surface area contributed by atoms with Gasteiger partial charge in [-0.05, 0) is 40.2 Å². The van der Waals surface area contributed by atoms with Crippen LogP contribution in [0.5, 0.6) is 0 Å². The number of hydrogen-bond donors (Lipinski definition) is 3. The summed E-state index contributed by atoms with van der Waals surface area (Å²) in [6.07, 6.45) is 2.82. The number of carboxylic acid groups (broad SMARTS) is 1. The molecule has 1 heterocycles. The molecule has 0 aliphatic rings. The van der Waals surface area contributed by atoms with Crippen LogP contribution >= 0.6 is 15.9 Å². The van der Waals surface area contributed by atoms with Crippen LogP contribution in [0.25, 0.3) is 0 Å². The Labute approximate surface area is 117 Å². The van der Waals surface area contributed by atoms with Gasteiger partial charge in [-0.15, -0.1) is 0 Å². The van der Waals surface area contributed by atoms with Crippen LogP contribution in [0.3, 0.4) is 0 Å². The summed E-state index contributed by atoms with van der Waals surface area (Å²) >= 11 is 3.09. The predicted octanol–water partition coefficient (Wildman–Crippen LogP) is 2.28. The lowest BCUT2D eigenvalue weighted by atomic mass is 10.2. The van der Waals surface area contributed by atoms with Crippen molar-refractivity contribution in [1.82, 2.24) is 4.98 Å². The molecule has 0 spiro atoms. The van der Waals surface area contributed by atoms with Crippen molar-refractivity contribution in [3.05, 3.63) is 46.7 Å². The molecule has 1 aromatic heterocycles. The molecule has 0 radical (unpaired) electrons. The molecule has 0 fully saturated rings. The maximum atomic E-state index is 11.9. The summed E-state index contributed by atoms with van der Waals surface area (Å²) in [7, 11) is -3.71.